The Morgan fingerprint density at radius 1 is 1.16 bits per heavy atom. The van der Waals surface area contributed by atoms with Crippen molar-refractivity contribution in [1.29, 1.82) is 0 Å². The van der Waals surface area contributed by atoms with Crippen molar-refractivity contribution in [2.24, 2.45) is 5.92 Å². The normalized spacial score (nSPS) is 25.6. The van der Waals surface area contributed by atoms with Gasteiger partial charge in [0.1, 0.15) is 0 Å². The number of urea groups is 1. The van der Waals surface area contributed by atoms with Crippen molar-refractivity contribution in [2.45, 2.75) is 70.1 Å². The van der Waals surface area contributed by atoms with Gasteiger partial charge in [0, 0.05) is 25.9 Å². The Bertz CT molecular complexity index is 568. The summed E-state index contributed by atoms with van der Waals surface area (Å²) in [6.07, 6.45) is 12.1. The van der Waals surface area contributed by atoms with Gasteiger partial charge in [0.15, 0.2) is 0 Å². The van der Waals surface area contributed by atoms with Crippen molar-refractivity contribution in [3.05, 3.63) is 18.0 Å². The molecule has 2 amide bonds. The number of piperidine rings is 1. The van der Waals surface area contributed by atoms with Crippen LogP contribution in [0.15, 0.2) is 12.3 Å². The van der Waals surface area contributed by atoms with Crippen LogP contribution in [-0.4, -0.2) is 46.5 Å². The summed E-state index contributed by atoms with van der Waals surface area (Å²) in [7, 11) is 0. The monoisotopic (exact) mass is 346 g/mol. The molecule has 3 heterocycles. The molecule has 25 heavy (non-hydrogen) atoms. The van der Waals surface area contributed by atoms with Gasteiger partial charge in [0.25, 0.3) is 0 Å². The number of rotatable bonds is 4. The van der Waals surface area contributed by atoms with Crippen LogP contribution in [0.2, 0.25) is 0 Å². The molecule has 138 valence electrons. The molecule has 2 aliphatic heterocycles. The van der Waals surface area contributed by atoms with E-state index in [9.17, 15) is 4.79 Å². The average Bonchev–Trinajstić information content (AvgIpc) is 3.42. The predicted molar refractivity (Wildman–Crippen MR) is 95.2 cm³/mol. The third-order valence-corrected chi connectivity index (χ3v) is 6.10. The number of nitrogens with one attached hydrogen (secondary N) is 1. The summed E-state index contributed by atoms with van der Waals surface area (Å²) in [5.74, 6) is 0.633. The van der Waals surface area contributed by atoms with Gasteiger partial charge in [-0.05, 0) is 50.5 Å². The molecule has 1 atom stereocenters. The molecule has 3 aliphatic rings. The molecular formula is C19H30N4O2. The number of amides is 2. The van der Waals surface area contributed by atoms with Gasteiger partial charge >= 0.3 is 6.03 Å². The highest BCUT2D eigenvalue weighted by Gasteiger charge is 2.30. The molecule has 2 saturated heterocycles. The van der Waals surface area contributed by atoms with E-state index in [0.29, 0.717) is 24.6 Å². The van der Waals surface area contributed by atoms with Crippen LogP contribution < -0.4 is 5.32 Å². The van der Waals surface area contributed by atoms with E-state index in [1.807, 2.05) is 11.0 Å². The number of likely N-dealkylation sites (tertiary alicyclic amines) is 1. The first kappa shape index (κ1) is 16.9. The van der Waals surface area contributed by atoms with Crippen molar-refractivity contribution in [1.82, 2.24) is 20.0 Å². The second-order valence-corrected chi connectivity index (χ2v) is 7.76. The molecular weight excluding hydrogens is 316 g/mol. The zero-order chi connectivity index (χ0) is 17.1. The van der Waals surface area contributed by atoms with Crippen LogP contribution in [0.25, 0.3) is 0 Å². The molecule has 1 N–H and O–H groups in total. The number of carbonyl (C=O) groups excluding carboxylic acids is 1. The molecule has 0 spiro atoms. The molecule has 4 rings (SSSR count). The molecule has 0 bridgehead atoms. The van der Waals surface area contributed by atoms with E-state index in [2.05, 4.69) is 21.3 Å². The van der Waals surface area contributed by atoms with E-state index in [1.165, 1.54) is 38.5 Å². The zero-order valence-electron chi connectivity index (χ0n) is 15.0. The van der Waals surface area contributed by atoms with Crippen LogP contribution >= 0.6 is 0 Å². The van der Waals surface area contributed by atoms with Gasteiger partial charge in [-0.1, -0.05) is 12.8 Å². The molecule has 1 aromatic heterocycles. The van der Waals surface area contributed by atoms with Gasteiger partial charge in [-0.25, -0.2) is 4.79 Å². The van der Waals surface area contributed by atoms with E-state index < -0.39 is 0 Å². The quantitative estimate of drug-likeness (QED) is 0.911. The smallest absolute Gasteiger partial charge is 0.317 e. The van der Waals surface area contributed by atoms with E-state index in [4.69, 9.17) is 4.74 Å². The van der Waals surface area contributed by atoms with Crippen LogP contribution in [0.4, 0.5) is 4.79 Å². The first-order chi connectivity index (χ1) is 12.3. The fraction of sp³-hybridized carbons (Fsp3) is 0.789. The number of nitrogens with zero attached hydrogens (tertiary/aromatic N) is 3. The summed E-state index contributed by atoms with van der Waals surface area (Å²) in [6, 6.07) is 2.63. The SMILES string of the molecule is O=C(NCc1ccn(C2CCCC2)n1)N1CCC([C@@H]2CCCO2)CC1. The third kappa shape index (κ3) is 4.00. The standard InChI is InChI=1S/C19H30N4O2/c24-19(22-10-7-15(8-11-22)18-6-3-13-25-18)20-14-16-9-12-23(21-16)17-4-1-2-5-17/h9,12,15,17-18H,1-8,10-11,13-14H2,(H,20,24)/t18-/m0/s1. The first-order valence-electron chi connectivity index (χ1n) is 9.98. The number of hydrogen-bond acceptors (Lipinski definition) is 3. The van der Waals surface area contributed by atoms with Gasteiger partial charge < -0.3 is 15.0 Å². The predicted octanol–water partition coefficient (Wildman–Crippen LogP) is 3.10. The van der Waals surface area contributed by atoms with Crippen LogP contribution in [-0.2, 0) is 11.3 Å². The molecule has 0 aromatic carbocycles. The average molecular weight is 346 g/mol. The third-order valence-electron chi connectivity index (χ3n) is 6.10. The van der Waals surface area contributed by atoms with Gasteiger partial charge in [-0.2, -0.15) is 5.10 Å². The van der Waals surface area contributed by atoms with Crippen molar-refractivity contribution in [3.63, 3.8) is 0 Å². The maximum absolute atomic E-state index is 12.4. The highest BCUT2D eigenvalue weighted by atomic mass is 16.5. The van der Waals surface area contributed by atoms with Gasteiger partial charge in [0.05, 0.1) is 24.4 Å². The van der Waals surface area contributed by atoms with Crippen LogP contribution in [0.3, 0.4) is 0 Å². The van der Waals surface area contributed by atoms with E-state index >= 15 is 0 Å². The van der Waals surface area contributed by atoms with E-state index in [1.54, 1.807) is 0 Å². The summed E-state index contributed by atoms with van der Waals surface area (Å²) in [4.78, 5) is 14.4. The summed E-state index contributed by atoms with van der Waals surface area (Å²) < 4.78 is 7.89. The molecule has 6 heteroatoms. The number of ether oxygens (including phenoxy) is 1. The van der Waals surface area contributed by atoms with Crippen molar-refractivity contribution < 1.29 is 9.53 Å². The summed E-state index contributed by atoms with van der Waals surface area (Å²) >= 11 is 0. The van der Waals surface area contributed by atoms with Crippen LogP contribution in [0.5, 0.6) is 0 Å². The van der Waals surface area contributed by atoms with E-state index in [0.717, 1.165) is 38.2 Å². The van der Waals surface area contributed by atoms with Crippen molar-refractivity contribution in [3.8, 4) is 0 Å². The maximum atomic E-state index is 12.4. The summed E-state index contributed by atoms with van der Waals surface area (Å²) in [5.41, 5.74) is 0.953. The Balaban J connectivity index is 1.21. The van der Waals surface area contributed by atoms with Crippen LogP contribution in [0.1, 0.15) is 63.1 Å². The lowest BCUT2D eigenvalue weighted by Crippen LogP contribution is -2.45. The lowest BCUT2D eigenvalue weighted by molar-refractivity contribution is 0.0372. The molecule has 0 unspecified atom stereocenters. The lowest BCUT2D eigenvalue weighted by Gasteiger charge is -2.34. The van der Waals surface area contributed by atoms with Gasteiger partial charge in [-0.15, -0.1) is 0 Å². The summed E-state index contributed by atoms with van der Waals surface area (Å²) in [5, 5.41) is 7.68. The Morgan fingerprint density at radius 3 is 2.68 bits per heavy atom. The Kier molecular flexibility index (Phi) is 5.25. The molecule has 1 aliphatic carbocycles. The second-order valence-electron chi connectivity index (χ2n) is 7.76. The molecule has 1 saturated carbocycles. The number of hydrogen-bond donors (Lipinski definition) is 1. The molecule has 3 fully saturated rings. The minimum Gasteiger partial charge on any atom is -0.378 e. The largest absolute Gasteiger partial charge is 0.378 e. The second kappa shape index (κ2) is 7.77. The Labute approximate surface area is 149 Å². The molecule has 6 nitrogen and oxygen atoms in total. The highest BCUT2D eigenvalue weighted by Crippen LogP contribution is 2.29. The molecule has 1 aromatic rings. The Morgan fingerprint density at radius 2 is 1.96 bits per heavy atom. The number of aromatic nitrogens is 2. The minimum atomic E-state index is 0.0428. The first-order valence-corrected chi connectivity index (χ1v) is 9.98. The fourth-order valence-electron chi connectivity index (χ4n) is 4.57. The van der Waals surface area contributed by atoms with Crippen molar-refractivity contribution in [2.75, 3.05) is 19.7 Å². The lowest BCUT2D eigenvalue weighted by atomic mass is 9.90. The maximum Gasteiger partial charge on any atom is 0.317 e. The Hall–Kier alpha value is -1.56. The summed E-state index contributed by atoms with van der Waals surface area (Å²) in [6.45, 7) is 3.11. The highest BCUT2D eigenvalue weighted by molar-refractivity contribution is 5.74. The minimum absolute atomic E-state index is 0.0428. The topological polar surface area (TPSA) is 59.4 Å². The zero-order valence-corrected chi connectivity index (χ0v) is 15.0. The fourth-order valence-corrected chi connectivity index (χ4v) is 4.57. The van der Waals surface area contributed by atoms with Gasteiger partial charge in [-0.3, -0.25) is 4.68 Å². The van der Waals surface area contributed by atoms with Gasteiger partial charge in [0.2, 0.25) is 0 Å². The van der Waals surface area contributed by atoms with Crippen molar-refractivity contribution >= 4 is 6.03 Å². The molecule has 0 radical (unpaired) electrons. The van der Waals surface area contributed by atoms with E-state index in [-0.39, 0.29) is 6.03 Å². The van der Waals surface area contributed by atoms with Crippen LogP contribution in [0, 0.1) is 5.92 Å². The number of carbonyl (C=O) groups is 1.